The standard InChI is InChI=1S/C16H17FN2OS/c1-2-19(13-9-7-12(17)8-10-13)16(20)11-21-15-6-4-3-5-14(15)18/h3-10H,2,11,18H2,1H3. The summed E-state index contributed by atoms with van der Waals surface area (Å²) < 4.78 is 12.9. The molecule has 1 amide bonds. The Morgan fingerprint density at radius 2 is 1.86 bits per heavy atom. The average molecular weight is 304 g/mol. The summed E-state index contributed by atoms with van der Waals surface area (Å²) in [4.78, 5) is 14.8. The molecule has 0 unspecified atom stereocenters. The van der Waals surface area contributed by atoms with E-state index >= 15 is 0 Å². The van der Waals surface area contributed by atoms with Crippen LogP contribution in [-0.4, -0.2) is 18.2 Å². The maximum atomic E-state index is 12.9. The molecule has 0 saturated heterocycles. The van der Waals surface area contributed by atoms with Crippen molar-refractivity contribution in [2.75, 3.05) is 22.9 Å². The number of para-hydroxylation sites is 1. The Bertz CT molecular complexity index is 616. The molecule has 0 atom stereocenters. The number of nitrogens with zero attached hydrogens (tertiary/aromatic N) is 1. The number of nitrogens with two attached hydrogens (primary N) is 1. The van der Waals surface area contributed by atoms with Crippen molar-refractivity contribution in [1.82, 2.24) is 0 Å². The van der Waals surface area contributed by atoms with E-state index in [2.05, 4.69) is 0 Å². The number of hydrogen-bond acceptors (Lipinski definition) is 3. The minimum absolute atomic E-state index is 0.0302. The molecule has 0 radical (unpaired) electrons. The molecule has 0 spiro atoms. The summed E-state index contributed by atoms with van der Waals surface area (Å²) in [5, 5.41) is 0. The maximum absolute atomic E-state index is 12.9. The van der Waals surface area contributed by atoms with E-state index in [4.69, 9.17) is 5.73 Å². The van der Waals surface area contributed by atoms with Crippen LogP contribution in [0.2, 0.25) is 0 Å². The van der Waals surface area contributed by atoms with Gasteiger partial charge >= 0.3 is 0 Å². The summed E-state index contributed by atoms with van der Waals surface area (Å²) in [6, 6.07) is 13.4. The van der Waals surface area contributed by atoms with Crippen LogP contribution in [0.3, 0.4) is 0 Å². The minimum Gasteiger partial charge on any atom is -0.398 e. The van der Waals surface area contributed by atoms with Crippen molar-refractivity contribution in [3.63, 3.8) is 0 Å². The second kappa shape index (κ2) is 7.13. The van der Waals surface area contributed by atoms with Crippen LogP contribution in [0.4, 0.5) is 15.8 Å². The van der Waals surface area contributed by atoms with Crippen LogP contribution >= 0.6 is 11.8 Å². The van der Waals surface area contributed by atoms with Gasteiger partial charge in [0.25, 0.3) is 0 Å². The highest BCUT2D eigenvalue weighted by atomic mass is 32.2. The number of benzene rings is 2. The van der Waals surface area contributed by atoms with Crippen LogP contribution < -0.4 is 10.6 Å². The van der Waals surface area contributed by atoms with Crippen molar-refractivity contribution >= 4 is 29.0 Å². The summed E-state index contributed by atoms with van der Waals surface area (Å²) in [5.74, 6) is -0.0505. The van der Waals surface area contributed by atoms with Gasteiger partial charge < -0.3 is 10.6 Å². The molecule has 2 rings (SSSR count). The van der Waals surface area contributed by atoms with Gasteiger partial charge in [0.15, 0.2) is 0 Å². The number of halogens is 1. The molecule has 0 bridgehead atoms. The molecule has 110 valence electrons. The van der Waals surface area contributed by atoms with Crippen LogP contribution in [0.5, 0.6) is 0 Å². The summed E-state index contributed by atoms with van der Waals surface area (Å²) in [7, 11) is 0. The van der Waals surface area contributed by atoms with E-state index in [-0.39, 0.29) is 11.7 Å². The normalized spacial score (nSPS) is 10.4. The van der Waals surface area contributed by atoms with Crippen molar-refractivity contribution in [2.24, 2.45) is 0 Å². The lowest BCUT2D eigenvalue weighted by Gasteiger charge is -2.21. The van der Waals surface area contributed by atoms with Crippen molar-refractivity contribution in [2.45, 2.75) is 11.8 Å². The lowest BCUT2D eigenvalue weighted by molar-refractivity contribution is -0.116. The quantitative estimate of drug-likeness (QED) is 0.678. The predicted molar refractivity (Wildman–Crippen MR) is 86.0 cm³/mol. The number of carbonyl (C=O) groups is 1. The fourth-order valence-corrected chi connectivity index (χ4v) is 2.80. The lowest BCUT2D eigenvalue weighted by atomic mass is 10.3. The summed E-state index contributed by atoms with van der Waals surface area (Å²) in [6.45, 7) is 2.43. The topological polar surface area (TPSA) is 46.3 Å². The van der Waals surface area contributed by atoms with E-state index in [0.717, 1.165) is 4.90 Å². The molecule has 0 aromatic heterocycles. The van der Waals surface area contributed by atoms with E-state index in [1.807, 2.05) is 31.2 Å². The molecule has 0 aliphatic rings. The SMILES string of the molecule is CCN(C(=O)CSc1ccccc1N)c1ccc(F)cc1. The van der Waals surface area contributed by atoms with Crippen LogP contribution in [0.15, 0.2) is 53.4 Å². The Labute approximate surface area is 127 Å². The molecule has 0 saturated carbocycles. The van der Waals surface area contributed by atoms with Gasteiger partial charge in [0.2, 0.25) is 5.91 Å². The fraction of sp³-hybridized carbons (Fsp3) is 0.188. The van der Waals surface area contributed by atoms with Crippen LogP contribution in [0, 0.1) is 5.82 Å². The molecule has 3 nitrogen and oxygen atoms in total. The van der Waals surface area contributed by atoms with Crippen LogP contribution in [0.25, 0.3) is 0 Å². The van der Waals surface area contributed by atoms with Gasteiger partial charge in [0.05, 0.1) is 5.75 Å². The van der Waals surface area contributed by atoms with Gasteiger partial charge in [-0.05, 0) is 43.3 Å². The molecule has 0 heterocycles. The Morgan fingerprint density at radius 3 is 2.48 bits per heavy atom. The number of nitrogen functional groups attached to an aromatic ring is 1. The minimum atomic E-state index is -0.311. The zero-order chi connectivity index (χ0) is 15.2. The first kappa shape index (κ1) is 15.4. The Balaban J connectivity index is 2.04. The molecule has 2 aromatic rings. The smallest absolute Gasteiger partial charge is 0.237 e. The monoisotopic (exact) mass is 304 g/mol. The number of amides is 1. The van der Waals surface area contributed by atoms with Crippen molar-refractivity contribution in [3.05, 3.63) is 54.3 Å². The first-order valence-corrected chi connectivity index (χ1v) is 7.63. The molecule has 5 heteroatoms. The number of rotatable bonds is 5. The second-order valence-electron chi connectivity index (χ2n) is 4.44. The van der Waals surface area contributed by atoms with E-state index in [0.29, 0.717) is 23.7 Å². The zero-order valence-corrected chi connectivity index (χ0v) is 12.6. The van der Waals surface area contributed by atoms with Gasteiger partial charge in [-0.25, -0.2) is 4.39 Å². The molecule has 21 heavy (non-hydrogen) atoms. The van der Waals surface area contributed by atoms with Crippen LogP contribution in [0.1, 0.15) is 6.92 Å². The van der Waals surface area contributed by atoms with Gasteiger partial charge in [0.1, 0.15) is 5.82 Å². The van der Waals surface area contributed by atoms with E-state index in [1.165, 1.54) is 23.9 Å². The van der Waals surface area contributed by atoms with Gasteiger partial charge in [0, 0.05) is 22.8 Å². The first-order chi connectivity index (χ1) is 10.1. The van der Waals surface area contributed by atoms with Gasteiger partial charge in [-0.2, -0.15) is 0 Å². The molecular weight excluding hydrogens is 287 g/mol. The Morgan fingerprint density at radius 1 is 1.19 bits per heavy atom. The van der Waals surface area contributed by atoms with Crippen molar-refractivity contribution in [3.8, 4) is 0 Å². The highest BCUT2D eigenvalue weighted by Gasteiger charge is 2.14. The molecular formula is C16H17FN2OS. The highest BCUT2D eigenvalue weighted by Crippen LogP contribution is 2.25. The molecule has 2 N–H and O–H groups in total. The van der Waals surface area contributed by atoms with Crippen LogP contribution in [-0.2, 0) is 4.79 Å². The summed E-state index contributed by atoms with van der Waals surface area (Å²) in [5.41, 5.74) is 7.22. The van der Waals surface area contributed by atoms with E-state index in [1.54, 1.807) is 17.0 Å². The fourth-order valence-electron chi connectivity index (χ4n) is 1.95. The number of carbonyl (C=O) groups excluding carboxylic acids is 1. The third kappa shape index (κ3) is 3.98. The lowest BCUT2D eigenvalue weighted by Crippen LogP contribution is -2.32. The maximum Gasteiger partial charge on any atom is 0.237 e. The average Bonchev–Trinajstić information content (AvgIpc) is 2.49. The van der Waals surface area contributed by atoms with Gasteiger partial charge in [-0.3, -0.25) is 4.79 Å². The number of hydrogen-bond donors (Lipinski definition) is 1. The highest BCUT2D eigenvalue weighted by molar-refractivity contribution is 8.00. The summed E-state index contributed by atoms with van der Waals surface area (Å²) >= 11 is 1.41. The molecule has 0 aliphatic heterocycles. The Hall–Kier alpha value is -2.01. The van der Waals surface area contributed by atoms with Crippen molar-refractivity contribution < 1.29 is 9.18 Å². The Kier molecular flexibility index (Phi) is 5.22. The zero-order valence-electron chi connectivity index (χ0n) is 11.8. The number of anilines is 2. The van der Waals surface area contributed by atoms with E-state index < -0.39 is 0 Å². The van der Waals surface area contributed by atoms with Crippen molar-refractivity contribution in [1.29, 1.82) is 0 Å². The largest absolute Gasteiger partial charge is 0.398 e. The third-order valence-electron chi connectivity index (χ3n) is 3.03. The first-order valence-electron chi connectivity index (χ1n) is 6.65. The number of thioether (sulfide) groups is 1. The third-order valence-corrected chi connectivity index (χ3v) is 4.10. The molecule has 0 aliphatic carbocycles. The van der Waals surface area contributed by atoms with Gasteiger partial charge in [-0.1, -0.05) is 12.1 Å². The second-order valence-corrected chi connectivity index (χ2v) is 5.46. The predicted octanol–water partition coefficient (Wildman–Crippen LogP) is 3.55. The molecule has 0 fully saturated rings. The van der Waals surface area contributed by atoms with Gasteiger partial charge in [-0.15, -0.1) is 11.8 Å². The molecule has 2 aromatic carbocycles. The van der Waals surface area contributed by atoms with E-state index in [9.17, 15) is 9.18 Å². The summed E-state index contributed by atoms with van der Waals surface area (Å²) in [6.07, 6.45) is 0.